The minimum atomic E-state index is 0.222. The van der Waals surface area contributed by atoms with E-state index in [2.05, 4.69) is 22.0 Å². The van der Waals surface area contributed by atoms with Crippen molar-refractivity contribution in [1.82, 2.24) is 0 Å². The van der Waals surface area contributed by atoms with Crippen LogP contribution in [0, 0.1) is 0 Å². The van der Waals surface area contributed by atoms with Crippen LogP contribution in [0.2, 0.25) is 0 Å². The number of benzene rings is 1. The van der Waals surface area contributed by atoms with Crippen molar-refractivity contribution in [2.45, 2.75) is 31.1 Å². The van der Waals surface area contributed by atoms with Crippen LogP contribution in [0.1, 0.15) is 31.2 Å². The van der Waals surface area contributed by atoms with Gasteiger partial charge in [-0.3, -0.25) is 0 Å². The molecule has 2 rings (SSSR count). The van der Waals surface area contributed by atoms with Gasteiger partial charge in [0.2, 0.25) is 0 Å². The van der Waals surface area contributed by atoms with E-state index in [1.165, 1.54) is 31.2 Å². The monoisotopic (exact) mass is 298 g/mol. The summed E-state index contributed by atoms with van der Waals surface area (Å²) >= 11 is 3.68. The average Bonchev–Trinajstić information content (AvgIpc) is 2.88. The van der Waals surface area contributed by atoms with Gasteiger partial charge in [0.1, 0.15) is 11.5 Å². The molecule has 1 aromatic carbocycles. The highest BCUT2D eigenvalue weighted by Crippen LogP contribution is 2.46. The fourth-order valence-electron chi connectivity index (χ4n) is 2.76. The van der Waals surface area contributed by atoms with Crippen LogP contribution in [-0.4, -0.2) is 19.5 Å². The van der Waals surface area contributed by atoms with E-state index in [0.717, 1.165) is 16.8 Å². The van der Waals surface area contributed by atoms with Gasteiger partial charge in [-0.15, -0.1) is 0 Å². The molecule has 0 radical (unpaired) electrons. The van der Waals surface area contributed by atoms with Crippen LogP contribution in [-0.2, 0) is 5.41 Å². The molecule has 0 heterocycles. The third-order valence-corrected chi connectivity index (χ3v) is 4.87. The number of hydrogen-bond donors (Lipinski definition) is 0. The largest absolute Gasteiger partial charge is 0.497 e. The molecule has 17 heavy (non-hydrogen) atoms. The van der Waals surface area contributed by atoms with E-state index in [0.29, 0.717) is 0 Å². The van der Waals surface area contributed by atoms with Gasteiger partial charge in [0, 0.05) is 16.3 Å². The minimum Gasteiger partial charge on any atom is -0.497 e. The highest BCUT2D eigenvalue weighted by Gasteiger charge is 2.37. The highest BCUT2D eigenvalue weighted by molar-refractivity contribution is 9.09. The standard InChI is InChI=1S/C14H19BrO2/c1-16-11-5-6-13(17-2)12(9-11)14(10-15)7-3-4-8-14/h5-6,9H,3-4,7-8,10H2,1-2H3. The normalized spacial score (nSPS) is 18.1. The van der Waals surface area contributed by atoms with Crippen LogP contribution in [0.4, 0.5) is 0 Å². The van der Waals surface area contributed by atoms with Crippen LogP contribution in [0.25, 0.3) is 0 Å². The Morgan fingerprint density at radius 1 is 1.18 bits per heavy atom. The van der Waals surface area contributed by atoms with Gasteiger partial charge in [0.05, 0.1) is 14.2 Å². The van der Waals surface area contributed by atoms with Gasteiger partial charge in [-0.1, -0.05) is 28.8 Å². The minimum absolute atomic E-state index is 0.222. The lowest BCUT2D eigenvalue weighted by molar-refractivity contribution is 0.380. The summed E-state index contributed by atoms with van der Waals surface area (Å²) in [6.07, 6.45) is 5.04. The Morgan fingerprint density at radius 3 is 2.41 bits per heavy atom. The van der Waals surface area contributed by atoms with Crippen molar-refractivity contribution in [3.63, 3.8) is 0 Å². The number of ether oxygens (including phenoxy) is 2. The summed E-state index contributed by atoms with van der Waals surface area (Å²) in [5, 5.41) is 0.990. The second kappa shape index (κ2) is 5.30. The van der Waals surface area contributed by atoms with Crippen molar-refractivity contribution in [2.24, 2.45) is 0 Å². The van der Waals surface area contributed by atoms with E-state index in [1.54, 1.807) is 14.2 Å². The number of hydrogen-bond acceptors (Lipinski definition) is 2. The number of rotatable bonds is 4. The first-order chi connectivity index (χ1) is 8.25. The van der Waals surface area contributed by atoms with E-state index >= 15 is 0 Å². The molecule has 0 N–H and O–H groups in total. The van der Waals surface area contributed by atoms with Gasteiger partial charge < -0.3 is 9.47 Å². The molecule has 3 heteroatoms. The quantitative estimate of drug-likeness (QED) is 0.785. The summed E-state index contributed by atoms with van der Waals surface area (Å²) in [5.74, 6) is 1.89. The number of alkyl halides is 1. The van der Waals surface area contributed by atoms with E-state index in [4.69, 9.17) is 9.47 Å². The van der Waals surface area contributed by atoms with Crippen LogP contribution in [0.15, 0.2) is 18.2 Å². The lowest BCUT2D eigenvalue weighted by atomic mass is 9.80. The Kier molecular flexibility index (Phi) is 3.97. The molecule has 94 valence electrons. The van der Waals surface area contributed by atoms with Crippen molar-refractivity contribution < 1.29 is 9.47 Å². The first-order valence-electron chi connectivity index (χ1n) is 6.04. The van der Waals surface area contributed by atoms with E-state index in [-0.39, 0.29) is 5.41 Å². The third-order valence-electron chi connectivity index (χ3n) is 3.79. The van der Waals surface area contributed by atoms with Crippen molar-refractivity contribution in [3.05, 3.63) is 23.8 Å². The fraction of sp³-hybridized carbons (Fsp3) is 0.571. The maximum Gasteiger partial charge on any atom is 0.122 e. The van der Waals surface area contributed by atoms with E-state index in [9.17, 15) is 0 Å². The highest BCUT2D eigenvalue weighted by atomic mass is 79.9. The SMILES string of the molecule is COc1ccc(OC)c(C2(CBr)CCCC2)c1. The van der Waals surface area contributed by atoms with Gasteiger partial charge in [-0.25, -0.2) is 0 Å². The van der Waals surface area contributed by atoms with Gasteiger partial charge in [-0.05, 0) is 31.0 Å². The summed E-state index contributed by atoms with van der Waals surface area (Å²) in [7, 11) is 3.45. The van der Waals surface area contributed by atoms with Crippen molar-refractivity contribution in [1.29, 1.82) is 0 Å². The van der Waals surface area contributed by atoms with Crippen LogP contribution < -0.4 is 9.47 Å². The van der Waals surface area contributed by atoms with Crippen LogP contribution in [0.5, 0.6) is 11.5 Å². The third kappa shape index (κ3) is 2.30. The molecule has 0 aromatic heterocycles. The van der Waals surface area contributed by atoms with Crippen LogP contribution in [0.3, 0.4) is 0 Å². The van der Waals surface area contributed by atoms with Gasteiger partial charge in [0.25, 0.3) is 0 Å². The summed E-state index contributed by atoms with van der Waals surface area (Å²) in [5.41, 5.74) is 1.51. The Hall–Kier alpha value is -0.700. The number of halogens is 1. The smallest absolute Gasteiger partial charge is 0.122 e. The lowest BCUT2D eigenvalue weighted by Gasteiger charge is -2.29. The Bertz CT molecular complexity index is 384. The molecule has 0 bridgehead atoms. The predicted octanol–water partition coefficient (Wildman–Crippen LogP) is 3.91. The lowest BCUT2D eigenvalue weighted by Crippen LogP contribution is -2.24. The molecule has 1 aliphatic rings. The van der Waals surface area contributed by atoms with Crippen molar-refractivity contribution in [3.8, 4) is 11.5 Å². The second-order valence-electron chi connectivity index (χ2n) is 4.69. The van der Waals surface area contributed by atoms with Gasteiger partial charge >= 0.3 is 0 Å². The number of methoxy groups -OCH3 is 2. The first kappa shape index (κ1) is 12.7. The summed E-state index contributed by atoms with van der Waals surface area (Å²) in [6, 6.07) is 6.10. The zero-order valence-corrected chi connectivity index (χ0v) is 12.0. The predicted molar refractivity (Wildman–Crippen MR) is 73.5 cm³/mol. The molecule has 0 spiro atoms. The first-order valence-corrected chi connectivity index (χ1v) is 7.16. The summed E-state index contributed by atoms with van der Waals surface area (Å²) in [6.45, 7) is 0. The van der Waals surface area contributed by atoms with Crippen molar-refractivity contribution in [2.75, 3.05) is 19.5 Å². The van der Waals surface area contributed by atoms with E-state index in [1.807, 2.05) is 12.1 Å². The Balaban J connectivity index is 2.46. The molecule has 1 aliphatic carbocycles. The molecule has 0 unspecified atom stereocenters. The van der Waals surface area contributed by atoms with Gasteiger partial charge in [-0.2, -0.15) is 0 Å². The van der Waals surface area contributed by atoms with Crippen molar-refractivity contribution >= 4 is 15.9 Å². The molecular formula is C14H19BrO2. The Labute approximate surface area is 111 Å². The maximum absolute atomic E-state index is 5.51. The fourth-order valence-corrected chi connectivity index (χ4v) is 3.62. The average molecular weight is 299 g/mol. The maximum atomic E-state index is 5.51. The zero-order chi connectivity index (χ0) is 12.3. The molecule has 0 saturated heterocycles. The summed E-state index contributed by atoms with van der Waals surface area (Å²) in [4.78, 5) is 0. The molecule has 0 atom stereocenters. The molecule has 1 saturated carbocycles. The summed E-state index contributed by atoms with van der Waals surface area (Å²) < 4.78 is 10.8. The zero-order valence-electron chi connectivity index (χ0n) is 10.5. The molecule has 1 fully saturated rings. The molecule has 0 amide bonds. The molecule has 1 aromatic rings. The second-order valence-corrected chi connectivity index (χ2v) is 5.25. The Morgan fingerprint density at radius 2 is 1.88 bits per heavy atom. The molecular weight excluding hydrogens is 280 g/mol. The molecule has 0 aliphatic heterocycles. The van der Waals surface area contributed by atoms with Crippen LogP contribution >= 0.6 is 15.9 Å². The van der Waals surface area contributed by atoms with Gasteiger partial charge in [0.15, 0.2) is 0 Å². The topological polar surface area (TPSA) is 18.5 Å². The molecule has 2 nitrogen and oxygen atoms in total. The van der Waals surface area contributed by atoms with E-state index < -0.39 is 0 Å².